The average molecular weight is 339 g/mol. The summed E-state index contributed by atoms with van der Waals surface area (Å²) in [5.74, 6) is 0.907. The van der Waals surface area contributed by atoms with E-state index in [0.29, 0.717) is 6.42 Å². The Morgan fingerprint density at radius 1 is 1.16 bits per heavy atom. The number of piperazine rings is 1. The van der Waals surface area contributed by atoms with E-state index in [0.717, 1.165) is 49.7 Å². The van der Waals surface area contributed by atoms with Gasteiger partial charge in [-0.25, -0.2) is 0 Å². The van der Waals surface area contributed by atoms with Gasteiger partial charge in [-0.3, -0.25) is 9.69 Å². The summed E-state index contributed by atoms with van der Waals surface area (Å²) >= 11 is 0. The molecule has 1 aromatic heterocycles. The molecule has 0 spiro atoms. The van der Waals surface area contributed by atoms with Crippen LogP contribution in [-0.4, -0.2) is 53.6 Å². The fraction of sp³-hybridized carbons (Fsp3) is 0.400. The smallest absolute Gasteiger partial charge is 0.227 e. The average Bonchev–Trinajstić information content (AvgIpc) is 2.95. The molecule has 1 saturated heterocycles. The summed E-state index contributed by atoms with van der Waals surface area (Å²) in [5, 5.41) is 3.92. The van der Waals surface area contributed by atoms with E-state index in [9.17, 15) is 4.79 Å². The lowest BCUT2D eigenvalue weighted by atomic mass is 10.1. The maximum Gasteiger partial charge on any atom is 0.227 e. The van der Waals surface area contributed by atoms with Crippen molar-refractivity contribution in [2.45, 2.75) is 20.3 Å². The van der Waals surface area contributed by atoms with Gasteiger partial charge in [-0.1, -0.05) is 47.6 Å². The van der Waals surface area contributed by atoms with Crippen molar-refractivity contribution >= 4 is 12.0 Å². The zero-order valence-corrected chi connectivity index (χ0v) is 14.9. The largest absolute Gasteiger partial charge is 0.361 e. The van der Waals surface area contributed by atoms with E-state index < -0.39 is 0 Å². The van der Waals surface area contributed by atoms with Gasteiger partial charge in [0.25, 0.3) is 0 Å². The summed E-state index contributed by atoms with van der Waals surface area (Å²) in [6.45, 7) is 8.04. The van der Waals surface area contributed by atoms with Gasteiger partial charge in [-0.05, 0) is 19.4 Å². The summed E-state index contributed by atoms with van der Waals surface area (Å²) in [7, 11) is 0. The van der Waals surface area contributed by atoms with E-state index in [1.807, 2.05) is 36.9 Å². The first kappa shape index (κ1) is 17.4. The van der Waals surface area contributed by atoms with Crippen LogP contribution in [0.2, 0.25) is 0 Å². The molecular formula is C20H25N3O2. The third-order valence-electron chi connectivity index (χ3n) is 4.71. The van der Waals surface area contributed by atoms with Crippen LogP contribution in [0, 0.1) is 13.8 Å². The maximum absolute atomic E-state index is 12.5. The van der Waals surface area contributed by atoms with Crippen molar-refractivity contribution in [1.29, 1.82) is 0 Å². The fourth-order valence-corrected chi connectivity index (χ4v) is 3.10. The summed E-state index contributed by atoms with van der Waals surface area (Å²) < 4.78 is 5.14. The number of carbonyl (C=O) groups excluding carboxylic acids is 1. The summed E-state index contributed by atoms with van der Waals surface area (Å²) in [6.07, 6.45) is 4.72. The van der Waals surface area contributed by atoms with Gasteiger partial charge in [0.2, 0.25) is 5.91 Å². The van der Waals surface area contributed by atoms with Crippen LogP contribution in [0.1, 0.15) is 22.6 Å². The van der Waals surface area contributed by atoms with Crippen LogP contribution in [0.25, 0.3) is 6.08 Å². The van der Waals surface area contributed by atoms with Crippen molar-refractivity contribution < 1.29 is 9.32 Å². The summed E-state index contributed by atoms with van der Waals surface area (Å²) in [5.41, 5.74) is 2.96. The minimum atomic E-state index is 0.161. The number of amides is 1. The summed E-state index contributed by atoms with van der Waals surface area (Å²) in [6, 6.07) is 10.3. The molecule has 132 valence electrons. The van der Waals surface area contributed by atoms with E-state index >= 15 is 0 Å². The Balaban J connectivity index is 1.45. The number of rotatable bonds is 5. The predicted octanol–water partition coefficient (Wildman–Crippen LogP) is 2.69. The lowest BCUT2D eigenvalue weighted by Crippen LogP contribution is -2.49. The highest BCUT2D eigenvalue weighted by Gasteiger charge is 2.22. The van der Waals surface area contributed by atoms with Crippen molar-refractivity contribution in [3.63, 3.8) is 0 Å². The standard InChI is InChI=1S/C20H25N3O2/c1-16-19(17(2)25-21-16)15-20(24)23-13-11-22(12-14-23)10-6-9-18-7-4-3-5-8-18/h3-9H,10-15H2,1-2H3. The Morgan fingerprint density at radius 2 is 1.88 bits per heavy atom. The van der Waals surface area contributed by atoms with Crippen LogP contribution in [0.3, 0.4) is 0 Å². The molecule has 25 heavy (non-hydrogen) atoms. The second kappa shape index (κ2) is 8.12. The molecule has 1 amide bonds. The van der Waals surface area contributed by atoms with Crippen molar-refractivity contribution in [2.24, 2.45) is 0 Å². The number of aryl methyl sites for hydroxylation is 2. The van der Waals surface area contributed by atoms with Crippen LogP contribution < -0.4 is 0 Å². The molecule has 0 aliphatic carbocycles. The Kier molecular flexibility index (Phi) is 5.66. The van der Waals surface area contributed by atoms with Gasteiger partial charge in [-0.15, -0.1) is 0 Å². The quantitative estimate of drug-likeness (QED) is 0.840. The normalized spacial score (nSPS) is 15.8. The monoisotopic (exact) mass is 339 g/mol. The van der Waals surface area contributed by atoms with Crippen LogP contribution in [0.5, 0.6) is 0 Å². The molecule has 1 fully saturated rings. The molecule has 0 bridgehead atoms. The molecule has 5 nitrogen and oxygen atoms in total. The highest BCUT2D eigenvalue weighted by molar-refractivity contribution is 5.79. The number of hydrogen-bond donors (Lipinski definition) is 0. The van der Waals surface area contributed by atoms with E-state index in [4.69, 9.17) is 4.52 Å². The molecule has 1 aliphatic rings. The maximum atomic E-state index is 12.5. The second-order valence-corrected chi connectivity index (χ2v) is 6.47. The van der Waals surface area contributed by atoms with Crippen LogP contribution >= 0.6 is 0 Å². The van der Waals surface area contributed by atoms with Gasteiger partial charge in [0.15, 0.2) is 0 Å². The first-order valence-electron chi connectivity index (χ1n) is 8.77. The van der Waals surface area contributed by atoms with Gasteiger partial charge >= 0.3 is 0 Å². The van der Waals surface area contributed by atoms with E-state index in [1.165, 1.54) is 5.56 Å². The number of hydrogen-bond acceptors (Lipinski definition) is 4. The highest BCUT2D eigenvalue weighted by Crippen LogP contribution is 2.15. The first-order chi connectivity index (χ1) is 12.1. The Labute approximate surface area is 148 Å². The molecule has 2 heterocycles. The van der Waals surface area contributed by atoms with E-state index in [-0.39, 0.29) is 5.91 Å². The number of aromatic nitrogens is 1. The third kappa shape index (κ3) is 4.57. The Bertz CT molecular complexity index is 709. The van der Waals surface area contributed by atoms with Crippen molar-refractivity contribution in [2.75, 3.05) is 32.7 Å². The zero-order chi connectivity index (χ0) is 17.6. The minimum Gasteiger partial charge on any atom is -0.361 e. The van der Waals surface area contributed by atoms with Gasteiger partial charge < -0.3 is 9.42 Å². The van der Waals surface area contributed by atoms with E-state index in [2.05, 4.69) is 34.3 Å². The summed E-state index contributed by atoms with van der Waals surface area (Å²) in [4.78, 5) is 16.8. The lowest BCUT2D eigenvalue weighted by molar-refractivity contribution is -0.132. The van der Waals surface area contributed by atoms with Gasteiger partial charge in [-0.2, -0.15) is 0 Å². The third-order valence-corrected chi connectivity index (χ3v) is 4.71. The molecule has 1 aliphatic heterocycles. The van der Waals surface area contributed by atoms with Gasteiger partial charge in [0.05, 0.1) is 12.1 Å². The molecule has 0 unspecified atom stereocenters. The van der Waals surface area contributed by atoms with Crippen LogP contribution in [-0.2, 0) is 11.2 Å². The lowest BCUT2D eigenvalue weighted by Gasteiger charge is -2.34. The first-order valence-corrected chi connectivity index (χ1v) is 8.77. The molecular weight excluding hydrogens is 314 g/mol. The molecule has 0 N–H and O–H groups in total. The second-order valence-electron chi connectivity index (χ2n) is 6.47. The molecule has 5 heteroatoms. The van der Waals surface area contributed by atoms with Gasteiger partial charge in [0, 0.05) is 38.3 Å². The SMILES string of the molecule is Cc1noc(C)c1CC(=O)N1CCN(CC=Cc2ccccc2)CC1. The number of carbonyl (C=O) groups is 1. The molecule has 1 aromatic carbocycles. The van der Waals surface area contributed by atoms with Gasteiger partial charge in [0.1, 0.15) is 5.76 Å². The number of benzene rings is 1. The predicted molar refractivity (Wildman–Crippen MR) is 98.2 cm³/mol. The van der Waals surface area contributed by atoms with Crippen LogP contribution in [0.4, 0.5) is 0 Å². The number of nitrogens with zero attached hydrogens (tertiary/aromatic N) is 3. The topological polar surface area (TPSA) is 49.6 Å². The van der Waals surface area contributed by atoms with Crippen molar-refractivity contribution in [3.05, 3.63) is 59.0 Å². The van der Waals surface area contributed by atoms with Crippen LogP contribution in [0.15, 0.2) is 40.9 Å². The minimum absolute atomic E-state index is 0.161. The molecule has 0 saturated carbocycles. The molecule has 0 atom stereocenters. The van der Waals surface area contributed by atoms with E-state index in [1.54, 1.807) is 0 Å². The van der Waals surface area contributed by atoms with Crippen molar-refractivity contribution in [3.8, 4) is 0 Å². The van der Waals surface area contributed by atoms with Crippen molar-refractivity contribution in [1.82, 2.24) is 15.0 Å². The Hall–Kier alpha value is -2.40. The zero-order valence-electron chi connectivity index (χ0n) is 14.9. The fourth-order valence-electron chi connectivity index (χ4n) is 3.10. The molecule has 3 rings (SSSR count). The highest BCUT2D eigenvalue weighted by atomic mass is 16.5. The molecule has 0 radical (unpaired) electrons. The Morgan fingerprint density at radius 3 is 2.52 bits per heavy atom. The molecule has 2 aromatic rings.